The number of phenolic OH excluding ortho intramolecular Hbond substituents is 1. The lowest BCUT2D eigenvalue weighted by atomic mass is 9.97. The number of allylic oxidation sites excluding steroid dienone is 7. The van der Waals surface area contributed by atoms with Crippen LogP contribution < -0.4 is 0 Å². The van der Waals surface area contributed by atoms with Crippen LogP contribution in [0.15, 0.2) is 73.1 Å². The SMILES string of the molecule is C=CCC1=CCC(c2cc(CC=C)ccc2O)=C(O)C=C1. The Bertz CT molecular complexity index is 643. The molecule has 1 aromatic carbocycles. The lowest BCUT2D eigenvalue weighted by Gasteiger charge is -2.10. The number of hydrogen-bond acceptors (Lipinski definition) is 2. The van der Waals surface area contributed by atoms with Crippen molar-refractivity contribution < 1.29 is 10.2 Å². The highest BCUT2D eigenvalue weighted by molar-refractivity contribution is 5.75. The number of benzene rings is 1. The van der Waals surface area contributed by atoms with Crippen molar-refractivity contribution in [3.05, 3.63) is 84.2 Å². The van der Waals surface area contributed by atoms with E-state index in [9.17, 15) is 10.2 Å². The van der Waals surface area contributed by atoms with Crippen molar-refractivity contribution in [3.8, 4) is 5.75 Å². The zero-order valence-corrected chi connectivity index (χ0v) is 12.0. The molecular formula is C19H20O2. The summed E-state index contributed by atoms with van der Waals surface area (Å²) in [5, 5.41) is 20.3. The Morgan fingerprint density at radius 1 is 1.05 bits per heavy atom. The molecule has 0 fully saturated rings. The number of aliphatic hydroxyl groups excluding tert-OH is 1. The Labute approximate surface area is 125 Å². The van der Waals surface area contributed by atoms with Gasteiger partial charge in [0.25, 0.3) is 0 Å². The summed E-state index contributed by atoms with van der Waals surface area (Å²) in [7, 11) is 0. The van der Waals surface area contributed by atoms with Crippen LogP contribution in [-0.4, -0.2) is 10.2 Å². The minimum atomic E-state index is 0.179. The highest BCUT2D eigenvalue weighted by Crippen LogP contribution is 2.33. The highest BCUT2D eigenvalue weighted by atomic mass is 16.3. The van der Waals surface area contributed by atoms with Gasteiger partial charge in [0.2, 0.25) is 0 Å². The number of hydrogen-bond donors (Lipinski definition) is 2. The minimum Gasteiger partial charge on any atom is -0.508 e. The van der Waals surface area contributed by atoms with Gasteiger partial charge in [-0.3, -0.25) is 0 Å². The van der Waals surface area contributed by atoms with Gasteiger partial charge in [0, 0.05) is 11.1 Å². The van der Waals surface area contributed by atoms with Crippen LogP contribution in [0.4, 0.5) is 0 Å². The standard InChI is InChI=1S/C19H20O2/c1-3-5-14-7-10-16(18(20)11-8-14)17-13-15(6-4-2)9-12-19(17)21/h3-4,7-9,11-13,20-21H,1-2,5-6,10H2. The third-order valence-electron chi connectivity index (χ3n) is 3.48. The molecule has 1 aromatic rings. The van der Waals surface area contributed by atoms with Crippen LogP contribution in [0.5, 0.6) is 5.75 Å². The van der Waals surface area contributed by atoms with Gasteiger partial charge in [0.15, 0.2) is 0 Å². The van der Waals surface area contributed by atoms with Crippen LogP contribution in [0.3, 0.4) is 0 Å². The van der Waals surface area contributed by atoms with Crippen molar-refractivity contribution >= 4 is 5.57 Å². The summed E-state index contributed by atoms with van der Waals surface area (Å²) in [5.41, 5.74) is 3.57. The highest BCUT2D eigenvalue weighted by Gasteiger charge is 2.13. The summed E-state index contributed by atoms with van der Waals surface area (Å²) in [4.78, 5) is 0. The molecule has 0 aromatic heterocycles. The summed E-state index contributed by atoms with van der Waals surface area (Å²) < 4.78 is 0. The Hall–Kier alpha value is -2.48. The molecule has 0 heterocycles. The molecule has 0 unspecified atom stereocenters. The molecular weight excluding hydrogens is 260 g/mol. The summed E-state index contributed by atoms with van der Waals surface area (Å²) in [6.07, 6.45) is 11.3. The summed E-state index contributed by atoms with van der Waals surface area (Å²) in [6, 6.07) is 5.43. The second-order valence-corrected chi connectivity index (χ2v) is 5.02. The van der Waals surface area contributed by atoms with Crippen molar-refractivity contribution in [2.24, 2.45) is 0 Å². The molecule has 2 heteroatoms. The average molecular weight is 280 g/mol. The van der Waals surface area contributed by atoms with E-state index in [4.69, 9.17) is 0 Å². The zero-order valence-electron chi connectivity index (χ0n) is 12.0. The van der Waals surface area contributed by atoms with E-state index in [1.807, 2.05) is 30.4 Å². The van der Waals surface area contributed by atoms with Crippen LogP contribution in [-0.2, 0) is 6.42 Å². The van der Waals surface area contributed by atoms with Gasteiger partial charge in [-0.05, 0) is 48.6 Å². The molecule has 1 aliphatic rings. The fourth-order valence-electron chi connectivity index (χ4n) is 2.38. The first kappa shape index (κ1) is 14.9. The zero-order chi connectivity index (χ0) is 15.2. The molecule has 0 radical (unpaired) electrons. The smallest absolute Gasteiger partial charge is 0.123 e. The molecule has 2 N–H and O–H groups in total. The summed E-state index contributed by atoms with van der Waals surface area (Å²) in [6.45, 7) is 7.45. The number of phenols is 1. The van der Waals surface area contributed by atoms with E-state index in [0.29, 0.717) is 12.0 Å². The first-order valence-corrected chi connectivity index (χ1v) is 6.99. The maximum atomic E-state index is 10.2. The van der Waals surface area contributed by atoms with Crippen molar-refractivity contribution in [1.82, 2.24) is 0 Å². The van der Waals surface area contributed by atoms with Crippen LogP contribution in [0.1, 0.15) is 24.0 Å². The average Bonchev–Trinajstić information content (AvgIpc) is 2.65. The predicted octanol–water partition coefficient (Wildman–Crippen LogP) is 4.85. The molecule has 0 saturated heterocycles. The minimum absolute atomic E-state index is 0.179. The van der Waals surface area contributed by atoms with Crippen LogP contribution in [0.2, 0.25) is 0 Å². The third kappa shape index (κ3) is 3.54. The largest absolute Gasteiger partial charge is 0.508 e. The Balaban J connectivity index is 2.41. The fraction of sp³-hybridized carbons (Fsp3) is 0.158. The van der Waals surface area contributed by atoms with Gasteiger partial charge in [0.1, 0.15) is 11.5 Å². The number of rotatable bonds is 5. The molecule has 108 valence electrons. The van der Waals surface area contributed by atoms with Gasteiger partial charge >= 0.3 is 0 Å². The molecule has 0 atom stereocenters. The molecule has 0 bridgehead atoms. The van der Waals surface area contributed by atoms with E-state index in [2.05, 4.69) is 19.2 Å². The normalized spacial score (nSPS) is 14.6. The molecule has 2 rings (SSSR count). The lowest BCUT2D eigenvalue weighted by Crippen LogP contribution is -1.92. The van der Waals surface area contributed by atoms with Gasteiger partial charge in [-0.1, -0.05) is 30.4 Å². The topological polar surface area (TPSA) is 40.5 Å². The van der Waals surface area contributed by atoms with E-state index in [1.54, 1.807) is 12.1 Å². The third-order valence-corrected chi connectivity index (χ3v) is 3.48. The lowest BCUT2D eigenvalue weighted by molar-refractivity contribution is 0.432. The summed E-state index contributed by atoms with van der Waals surface area (Å²) >= 11 is 0. The van der Waals surface area contributed by atoms with Crippen molar-refractivity contribution in [2.75, 3.05) is 0 Å². The maximum absolute atomic E-state index is 10.2. The Morgan fingerprint density at radius 2 is 1.81 bits per heavy atom. The Morgan fingerprint density at radius 3 is 2.52 bits per heavy atom. The quantitative estimate of drug-likeness (QED) is 0.757. The molecule has 2 nitrogen and oxygen atoms in total. The number of aromatic hydroxyl groups is 1. The van der Waals surface area contributed by atoms with Gasteiger partial charge in [-0.15, -0.1) is 13.2 Å². The number of aliphatic hydroxyl groups is 1. The van der Waals surface area contributed by atoms with Gasteiger partial charge in [0.05, 0.1) is 0 Å². The fourth-order valence-corrected chi connectivity index (χ4v) is 2.38. The molecule has 0 saturated carbocycles. The second-order valence-electron chi connectivity index (χ2n) is 5.02. The van der Waals surface area contributed by atoms with Gasteiger partial charge in [-0.2, -0.15) is 0 Å². The molecule has 0 aliphatic heterocycles. The first-order valence-electron chi connectivity index (χ1n) is 6.99. The molecule has 1 aliphatic carbocycles. The van der Waals surface area contributed by atoms with Crippen molar-refractivity contribution in [2.45, 2.75) is 19.3 Å². The van der Waals surface area contributed by atoms with Gasteiger partial charge < -0.3 is 10.2 Å². The van der Waals surface area contributed by atoms with E-state index < -0.39 is 0 Å². The predicted molar refractivity (Wildman–Crippen MR) is 88.2 cm³/mol. The van der Waals surface area contributed by atoms with E-state index in [0.717, 1.165) is 29.6 Å². The summed E-state index contributed by atoms with van der Waals surface area (Å²) in [5.74, 6) is 0.370. The van der Waals surface area contributed by atoms with Crippen LogP contribution in [0.25, 0.3) is 5.57 Å². The van der Waals surface area contributed by atoms with Crippen LogP contribution in [0, 0.1) is 0 Å². The first-order chi connectivity index (χ1) is 10.2. The van der Waals surface area contributed by atoms with E-state index >= 15 is 0 Å². The molecule has 0 spiro atoms. The maximum Gasteiger partial charge on any atom is 0.123 e. The van der Waals surface area contributed by atoms with Crippen molar-refractivity contribution in [3.63, 3.8) is 0 Å². The van der Waals surface area contributed by atoms with Gasteiger partial charge in [-0.25, -0.2) is 0 Å². The van der Waals surface area contributed by atoms with E-state index in [-0.39, 0.29) is 11.5 Å². The second kappa shape index (κ2) is 6.80. The van der Waals surface area contributed by atoms with Crippen molar-refractivity contribution in [1.29, 1.82) is 0 Å². The van der Waals surface area contributed by atoms with Crippen LogP contribution >= 0.6 is 0 Å². The molecule has 21 heavy (non-hydrogen) atoms. The van der Waals surface area contributed by atoms with E-state index in [1.165, 1.54) is 0 Å². The molecule has 0 amide bonds. The Kier molecular flexibility index (Phi) is 4.83. The monoisotopic (exact) mass is 280 g/mol.